The van der Waals surface area contributed by atoms with Crippen LogP contribution in [0.25, 0.3) is 0 Å². The molecule has 0 saturated carbocycles. The van der Waals surface area contributed by atoms with Crippen molar-refractivity contribution < 1.29 is 19.1 Å². The van der Waals surface area contributed by atoms with Gasteiger partial charge < -0.3 is 19.4 Å². The van der Waals surface area contributed by atoms with Crippen molar-refractivity contribution in [3.05, 3.63) is 59.2 Å². The summed E-state index contributed by atoms with van der Waals surface area (Å²) in [4.78, 5) is 51.9. The number of carbonyl (C=O) groups is 3. The summed E-state index contributed by atoms with van der Waals surface area (Å²) in [5.41, 5.74) is 4.00. The minimum Gasteiger partial charge on any atom is -0.481 e. The summed E-state index contributed by atoms with van der Waals surface area (Å²) in [7, 11) is 3.34. The Labute approximate surface area is 216 Å². The van der Waals surface area contributed by atoms with E-state index < -0.39 is 6.10 Å². The zero-order chi connectivity index (χ0) is 26.3. The Hall–Kier alpha value is -4.01. The van der Waals surface area contributed by atoms with Crippen LogP contribution in [0.5, 0.6) is 5.75 Å². The molecule has 1 saturated heterocycles. The van der Waals surface area contributed by atoms with Gasteiger partial charge in [-0.05, 0) is 47.5 Å². The van der Waals surface area contributed by atoms with E-state index in [4.69, 9.17) is 4.74 Å². The van der Waals surface area contributed by atoms with Crippen molar-refractivity contribution in [2.24, 2.45) is 15.9 Å². The summed E-state index contributed by atoms with van der Waals surface area (Å²) in [5, 5.41) is 0. The van der Waals surface area contributed by atoms with E-state index in [0.717, 1.165) is 22.7 Å². The lowest BCUT2D eigenvalue weighted by Crippen LogP contribution is -2.36. The molecule has 3 amide bonds. The maximum Gasteiger partial charge on any atom is 0.268 e. The normalized spacial score (nSPS) is 18.9. The highest BCUT2D eigenvalue weighted by Gasteiger charge is 2.36. The van der Waals surface area contributed by atoms with Crippen molar-refractivity contribution in [3.8, 4) is 5.75 Å². The van der Waals surface area contributed by atoms with E-state index in [2.05, 4.69) is 23.8 Å². The zero-order valence-electron chi connectivity index (χ0n) is 21.6. The largest absolute Gasteiger partial charge is 0.481 e. The fourth-order valence-corrected chi connectivity index (χ4v) is 4.69. The molecule has 37 heavy (non-hydrogen) atoms. The number of hydrogen-bond acceptors (Lipinski definition) is 6. The molecule has 1 atom stereocenters. The number of nitrogens with zero attached hydrogens (tertiary/aromatic N) is 5. The predicted octanol–water partition coefficient (Wildman–Crippen LogP) is 2.77. The molecule has 0 N–H and O–H groups in total. The number of hydrogen-bond donors (Lipinski definition) is 0. The summed E-state index contributed by atoms with van der Waals surface area (Å²) in [6.45, 7) is 5.66. The molecule has 3 heterocycles. The first kappa shape index (κ1) is 24.7. The number of aliphatic imine (C=N–C) groups is 2. The molecular formula is C28H31N5O4. The number of anilines is 1. The van der Waals surface area contributed by atoms with Crippen molar-refractivity contribution in [1.29, 1.82) is 0 Å². The fraction of sp³-hybridized carbons (Fsp3) is 0.393. The van der Waals surface area contributed by atoms with Crippen LogP contribution in [-0.4, -0.2) is 78.9 Å². The molecule has 0 spiro atoms. The predicted molar refractivity (Wildman–Crippen MR) is 141 cm³/mol. The molecule has 0 unspecified atom stereocenters. The average molecular weight is 502 g/mol. The van der Waals surface area contributed by atoms with E-state index in [1.165, 1.54) is 9.80 Å². The van der Waals surface area contributed by atoms with Crippen LogP contribution in [0.15, 0.2) is 52.4 Å². The number of fused-ring (bicyclic) bond motifs is 1. The van der Waals surface area contributed by atoms with E-state index in [1.54, 1.807) is 25.1 Å². The van der Waals surface area contributed by atoms with Gasteiger partial charge in [0.15, 0.2) is 6.10 Å². The Morgan fingerprint density at radius 2 is 1.89 bits per heavy atom. The number of likely N-dealkylation sites (N-methyl/N-ethyl adjacent to an activating group) is 1. The Bertz CT molecular complexity index is 1310. The number of rotatable bonds is 7. The van der Waals surface area contributed by atoms with Gasteiger partial charge >= 0.3 is 0 Å². The molecule has 3 aliphatic heterocycles. The van der Waals surface area contributed by atoms with Gasteiger partial charge in [-0.25, -0.2) is 4.99 Å². The van der Waals surface area contributed by atoms with E-state index in [0.29, 0.717) is 49.0 Å². The molecule has 9 nitrogen and oxygen atoms in total. The summed E-state index contributed by atoms with van der Waals surface area (Å²) < 4.78 is 6.04. The quantitative estimate of drug-likeness (QED) is 0.583. The van der Waals surface area contributed by atoms with Crippen LogP contribution in [0, 0.1) is 5.92 Å². The molecule has 3 aliphatic rings. The summed E-state index contributed by atoms with van der Waals surface area (Å²) in [6.07, 6.45) is -0.0448. The summed E-state index contributed by atoms with van der Waals surface area (Å²) in [5.74, 6) is 1.34. The van der Waals surface area contributed by atoms with Crippen LogP contribution in [0.2, 0.25) is 0 Å². The Morgan fingerprint density at radius 3 is 2.57 bits per heavy atom. The topological polar surface area (TPSA) is 94.9 Å². The molecular weight excluding hydrogens is 470 g/mol. The fourth-order valence-electron chi connectivity index (χ4n) is 4.69. The maximum absolute atomic E-state index is 13.2. The molecule has 0 bridgehead atoms. The minimum atomic E-state index is -0.594. The molecule has 2 aromatic carbocycles. The number of amidine groups is 1. The standard InChI is InChI=1S/C28H31N5O4/c1-17(2)26-29-14-23(30-26)18-6-9-21(10-7-18)37-24-11-12-33(28(24)36)20-8-5-19-15-32(16-25(34)31(3)4)27(35)22(19)13-20/h5-10,13,17,24H,11-12,14-16H2,1-4H3/t24-/m1/s1. The van der Waals surface area contributed by atoms with Gasteiger partial charge in [0.25, 0.3) is 11.8 Å². The average Bonchev–Trinajstić information content (AvgIpc) is 3.58. The van der Waals surface area contributed by atoms with Crippen LogP contribution >= 0.6 is 0 Å². The SMILES string of the molecule is CC(C)C1=NCC(c2ccc(O[C@@H]3CCN(c4ccc5c(c4)C(=O)N(CC(=O)N(C)C)C5)C3=O)cc2)=N1. The van der Waals surface area contributed by atoms with Crippen LogP contribution in [-0.2, 0) is 16.1 Å². The summed E-state index contributed by atoms with van der Waals surface area (Å²) in [6, 6.07) is 13.1. The second-order valence-electron chi connectivity index (χ2n) is 10.1. The molecule has 0 aliphatic carbocycles. The number of ether oxygens (including phenoxy) is 1. The van der Waals surface area contributed by atoms with E-state index in [1.807, 2.05) is 36.4 Å². The van der Waals surface area contributed by atoms with Gasteiger partial charge in [-0.2, -0.15) is 0 Å². The summed E-state index contributed by atoms with van der Waals surface area (Å²) >= 11 is 0. The molecule has 1 fully saturated rings. The first-order chi connectivity index (χ1) is 17.7. The third kappa shape index (κ3) is 4.85. The van der Waals surface area contributed by atoms with Crippen molar-refractivity contribution in [2.75, 3.05) is 38.6 Å². The highest BCUT2D eigenvalue weighted by molar-refractivity contribution is 6.13. The molecule has 0 radical (unpaired) electrons. The van der Waals surface area contributed by atoms with Crippen LogP contribution < -0.4 is 9.64 Å². The van der Waals surface area contributed by atoms with E-state index in [-0.39, 0.29) is 24.3 Å². The van der Waals surface area contributed by atoms with Crippen LogP contribution in [0.3, 0.4) is 0 Å². The smallest absolute Gasteiger partial charge is 0.268 e. The van der Waals surface area contributed by atoms with Gasteiger partial charge in [-0.1, -0.05) is 19.9 Å². The highest BCUT2D eigenvalue weighted by Crippen LogP contribution is 2.31. The first-order valence-corrected chi connectivity index (χ1v) is 12.5. The third-order valence-electron chi connectivity index (χ3n) is 6.89. The molecule has 5 rings (SSSR count). The van der Waals surface area contributed by atoms with Crippen LogP contribution in [0.1, 0.15) is 41.8 Å². The Balaban J connectivity index is 1.23. The maximum atomic E-state index is 13.2. The first-order valence-electron chi connectivity index (χ1n) is 12.5. The highest BCUT2D eigenvalue weighted by atomic mass is 16.5. The van der Waals surface area contributed by atoms with Crippen molar-refractivity contribution in [2.45, 2.75) is 32.9 Å². The number of carbonyl (C=O) groups excluding carboxylic acids is 3. The van der Waals surface area contributed by atoms with Gasteiger partial charge in [0, 0.05) is 50.8 Å². The molecule has 9 heteroatoms. The Kier molecular flexibility index (Phi) is 6.54. The molecule has 2 aromatic rings. The Morgan fingerprint density at radius 1 is 1.14 bits per heavy atom. The second-order valence-corrected chi connectivity index (χ2v) is 10.1. The molecule has 0 aromatic heterocycles. The molecule has 192 valence electrons. The van der Waals surface area contributed by atoms with Gasteiger partial charge in [0.05, 0.1) is 12.3 Å². The lowest BCUT2D eigenvalue weighted by molar-refractivity contribution is -0.129. The number of amides is 3. The lowest BCUT2D eigenvalue weighted by atomic mass is 10.1. The van der Waals surface area contributed by atoms with E-state index >= 15 is 0 Å². The van der Waals surface area contributed by atoms with Gasteiger partial charge in [0.1, 0.15) is 18.1 Å². The van der Waals surface area contributed by atoms with Crippen molar-refractivity contribution in [3.63, 3.8) is 0 Å². The van der Waals surface area contributed by atoms with Gasteiger partial charge in [-0.15, -0.1) is 0 Å². The van der Waals surface area contributed by atoms with E-state index in [9.17, 15) is 14.4 Å². The third-order valence-corrected chi connectivity index (χ3v) is 6.89. The van der Waals surface area contributed by atoms with Gasteiger partial charge in [-0.3, -0.25) is 19.4 Å². The van der Waals surface area contributed by atoms with Crippen LogP contribution in [0.4, 0.5) is 5.69 Å². The monoisotopic (exact) mass is 501 g/mol. The van der Waals surface area contributed by atoms with Gasteiger partial charge in [0.2, 0.25) is 5.91 Å². The lowest BCUT2D eigenvalue weighted by Gasteiger charge is -2.18. The second kappa shape index (κ2) is 9.80. The number of benzene rings is 2. The minimum absolute atomic E-state index is 0.0342. The zero-order valence-corrected chi connectivity index (χ0v) is 21.6. The van der Waals surface area contributed by atoms with Crippen molar-refractivity contribution >= 4 is 35.0 Å². The van der Waals surface area contributed by atoms with Crippen molar-refractivity contribution in [1.82, 2.24) is 9.80 Å².